The molecule has 0 bridgehead atoms. The van der Waals surface area contributed by atoms with Gasteiger partial charge in [0.15, 0.2) is 6.10 Å². The number of esters is 1. The van der Waals surface area contributed by atoms with Crippen molar-refractivity contribution < 1.29 is 18.7 Å². The first-order valence-electron chi connectivity index (χ1n) is 8.21. The minimum atomic E-state index is -0.965. The Morgan fingerprint density at radius 2 is 1.85 bits per heavy atom. The summed E-state index contributed by atoms with van der Waals surface area (Å²) < 4.78 is 19.6. The van der Waals surface area contributed by atoms with Crippen molar-refractivity contribution in [3.63, 3.8) is 0 Å². The summed E-state index contributed by atoms with van der Waals surface area (Å²) >= 11 is 0. The van der Waals surface area contributed by atoms with Gasteiger partial charge in [-0.2, -0.15) is 5.10 Å². The van der Waals surface area contributed by atoms with Crippen molar-refractivity contribution in [2.75, 3.05) is 0 Å². The van der Waals surface area contributed by atoms with Crippen LogP contribution in [0.25, 0.3) is 5.69 Å². The molecule has 1 amide bonds. The van der Waals surface area contributed by atoms with Gasteiger partial charge in [0.1, 0.15) is 18.5 Å². The average Bonchev–Trinajstić information content (AvgIpc) is 3.22. The maximum Gasteiger partial charge on any atom is 0.338 e. The molecule has 0 radical (unpaired) electrons. The lowest BCUT2D eigenvalue weighted by Gasteiger charge is -2.14. The molecule has 3 aromatic rings. The van der Waals surface area contributed by atoms with E-state index in [9.17, 15) is 14.0 Å². The van der Waals surface area contributed by atoms with Crippen LogP contribution in [0.2, 0.25) is 0 Å². The highest BCUT2D eigenvalue weighted by molar-refractivity contribution is 5.92. The summed E-state index contributed by atoms with van der Waals surface area (Å²) in [5.41, 5.74) is 1.80. The van der Waals surface area contributed by atoms with Crippen molar-refractivity contribution >= 4 is 11.9 Å². The summed E-state index contributed by atoms with van der Waals surface area (Å²) in [6.45, 7) is 1.70. The first-order chi connectivity index (χ1) is 13.0. The van der Waals surface area contributed by atoms with E-state index in [1.807, 2.05) is 0 Å². The topological polar surface area (TPSA) is 86.1 Å². The standard InChI is InChI=1S/C19H17FN4O3/c1-13(18(25)22-10-14-2-6-16(20)7-3-14)27-19(26)15-4-8-17(9-5-15)24-12-21-11-23-24/h2-9,11-13H,10H2,1H3,(H,22,25)/t13-/m0/s1. The lowest BCUT2D eigenvalue weighted by atomic mass is 10.2. The molecule has 7 nitrogen and oxygen atoms in total. The molecule has 0 saturated carbocycles. The molecule has 1 N–H and O–H groups in total. The second kappa shape index (κ2) is 8.22. The van der Waals surface area contributed by atoms with Gasteiger partial charge in [-0.15, -0.1) is 0 Å². The highest BCUT2D eigenvalue weighted by atomic mass is 19.1. The van der Waals surface area contributed by atoms with Crippen molar-refractivity contribution in [1.82, 2.24) is 20.1 Å². The number of carbonyl (C=O) groups excluding carboxylic acids is 2. The minimum absolute atomic E-state index is 0.216. The fourth-order valence-electron chi connectivity index (χ4n) is 2.31. The van der Waals surface area contributed by atoms with E-state index in [1.165, 1.54) is 25.4 Å². The maximum absolute atomic E-state index is 12.9. The minimum Gasteiger partial charge on any atom is -0.449 e. The van der Waals surface area contributed by atoms with Gasteiger partial charge in [-0.05, 0) is 48.9 Å². The van der Waals surface area contributed by atoms with E-state index in [0.717, 1.165) is 11.3 Å². The molecule has 0 spiro atoms. The van der Waals surface area contributed by atoms with Crippen LogP contribution in [0.3, 0.4) is 0 Å². The van der Waals surface area contributed by atoms with E-state index in [4.69, 9.17) is 4.74 Å². The van der Waals surface area contributed by atoms with Crippen LogP contribution in [0.1, 0.15) is 22.8 Å². The van der Waals surface area contributed by atoms with Crippen molar-refractivity contribution in [2.45, 2.75) is 19.6 Å². The van der Waals surface area contributed by atoms with Gasteiger partial charge in [-0.3, -0.25) is 4.79 Å². The Bertz CT molecular complexity index is 909. The third kappa shape index (κ3) is 4.75. The summed E-state index contributed by atoms with van der Waals surface area (Å²) in [6.07, 6.45) is 1.99. The van der Waals surface area contributed by atoms with E-state index >= 15 is 0 Å². The van der Waals surface area contributed by atoms with Gasteiger partial charge < -0.3 is 10.1 Å². The van der Waals surface area contributed by atoms with E-state index in [1.54, 1.807) is 47.4 Å². The number of amides is 1. The number of rotatable bonds is 6. The zero-order valence-corrected chi connectivity index (χ0v) is 14.5. The van der Waals surface area contributed by atoms with E-state index in [2.05, 4.69) is 15.4 Å². The van der Waals surface area contributed by atoms with Crippen LogP contribution in [0.4, 0.5) is 4.39 Å². The van der Waals surface area contributed by atoms with Gasteiger partial charge in [0.25, 0.3) is 5.91 Å². The lowest BCUT2D eigenvalue weighted by Crippen LogP contribution is -2.35. The van der Waals surface area contributed by atoms with Crippen molar-refractivity contribution in [1.29, 1.82) is 0 Å². The average molecular weight is 368 g/mol. The first kappa shape index (κ1) is 18.2. The second-order valence-electron chi connectivity index (χ2n) is 5.78. The fourth-order valence-corrected chi connectivity index (χ4v) is 2.31. The molecule has 138 valence electrons. The third-order valence-electron chi connectivity index (χ3n) is 3.82. The summed E-state index contributed by atoms with van der Waals surface area (Å²) in [7, 11) is 0. The number of nitrogens with zero attached hydrogens (tertiary/aromatic N) is 3. The van der Waals surface area contributed by atoms with Gasteiger partial charge in [0.05, 0.1) is 11.3 Å². The lowest BCUT2D eigenvalue weighted by molar-refractivity contribution is -0.129. The van der Waals surface area contributed by atoms with Gasteiger partial charge in [-0.1, -0.05) is 12.1 Å². The molecule has 0 aliphatic carbocycles. The molecule has 0 fully saturated rings. The van der Waals surface area contributed by atoms with Gasteiger partial charge in [-0.25, -0.2) is 18.9 Å². The Morgan fingerprint density at radius 3 is 2.48 bits per heavy atom. The molecule has 8 heteroatoms. The Morgan fingerprint density at radius 1 is 1.15 bits per heavy atom. The van der Waals surface area contributed by atoms with Crippen molar-refractivity contribution in [3.8, 4) is 5.69 Å². The zero-order chi connectivity index (χ0) is 19.2. The van der Waals surface area contributed by atoms with Crippen molar-refractivity contribution in [2.24, 2.45) is 0 Å². The first-order valence-corrected chi connectivity index (χ1v) is 8.21. The molecule has 2 aromatic carbocycles. The number of hydrogen-bond donors (Lipinski definition) is 1. The molecule has 0 aliphatic heterocycles. The SMILES string of the molecule is C[C@H](OC(=O)c1ccc(-n2cncn2)cc1)C(=O)NCc1ccc(F)cc1. The quantitative estimate of drug-likeness (QED) is 0.675. The maximum atomic E-state index is 12.9. The molecule has 0 unspecified atom stereocenters. The molecule has 3 rings (SSSR count). The number of benzene rings is 2. The molecule has 27 heavy (non-hydrogen) atoms. The Kier molecular flexibility index (Phi) is 5.55. The Balaban J connectivity index is 1.53. The van der Waals surface area contributed by atoms with Gasteiger partial charge >= 0.3 is 5.97 Å². The number of aromatic nitrogens is 3. The fraction of sp³-hybridized carbons (Fsp3) is 0.158. The van der Waals surface area contributed by atoms with Crippen LogP contribution >= 0.6 is 0 Å². The van der Waals surface area contributed by atoms with Crippen LogP contribution in [-0.2, 0) is 16.1 Å². The van der Waals surface area contributed by atoms with E-state index < -0.39 is 18.0 Å². The van der Waals surface area contributed by atoms with Crippen molar-refractivity contribution in [3.05, 3.63) is 78.1 Å². The smallest absolute Gasteiger partial charge is 0.338 e. The van der Waals surface area contributed by atoms with E-state index in [0.29, 0.717) is 5.56 Å². The number of nitrogens with one attached hydrogen (secondary N) is 1. The summed E-state index contributed by atoms with van der Waals surface area (Å²) in [5.74, 6) is -1.39. The summed E-state index contributed by atoms with van der Waals surface area (Å²) in [4.78, 5) is 28.1. The zero-order valence-electron chi connectivity index (χ0n) is 14.5. The van der Waals surface area contributed by atoms with Crippen LogP contribution in [0.15, 0.2) is 61.2 Å². The number of carbonyl (C=O) groups is 2. The second-order valence-corrected chi connectivity index (χ2v) is 5.78. The normalized spacial score (nSPS) is 11.6. The van der Waals surface area contributed by atoms with Gasteiger partial charge in [0, 0.05) is 6.54 Å². The number of halogens is 1. The molecule has 1 atom stereocenters. The Labute approximate surface area is 154 Å². The molecule has 1 heterocycles. The summed E-state index contributed by atoms with van der Waals surface area (Å²) in [5, 5.41) is 6.64. The van der Waals surface area contributed by atoms with Crippen LogP contribution in [0.5, 0.6) is 0 Å². The van der Waals surface area contributed by atoms with Crippen LogP contribution in [0, 0.1) is 5.82 Å². The molecule has 1 aromatic heterocycles. The number of ether oxygens (including phenoxy) is 1. The van der Waals surface area contributed by atoms with Crippen LogP contribution < -0.4 is 5.32 Å². The Hall–Kier alpha value is -3.55. The largest absolute Gasteiger partial charge is 0.449 e. The predicted octanol–water partition coefficient (Wildman–Crippen LogP) is 2.27. The van der Waals surface area contributed by atoms with E-state index in [-0.39, 0.29) is 12.4 Å². The molecular formula is C19H17FN4O3. The predicted molar refractivity (Wildman–Crippen MR) is 94.5 cm³/mol. The molecule has 0 aliphatic rings. The third-order valence-corrected chi connectivity index (χ3v) is 3.82. The highest BCUT2D eigenvalue weighted by Crippen LogP contribution is 2.10. The summed E-state index contributed by atoms with van der Waals surface area (Å²) in [6, 6.07) is 12.3. The monoisotopic (exact) mass is 368 g/mol. The molecule has 0 saturated heterocycles. The number of hydrogen-bond acceptors (Lipinski definition) is 5. The molecular weight excluding hydrogens is 351 g/mol. The van der Waals surface area contributed by atoms with Gasteiger partial charge in [0.2, 0.25) is 0 Å². The van der Waals surface area contributed by atoms with Crippen LogP contribution in [-0.4, -0.2) is 32.7 Å². The highest BCUT2D eigenvalue weighted by Gasteiger charge is 2.18.